The van der Waals surface area contributed by atoms with Gasteiger partial charge < -0.3 is 9.47 Å². The van der Waals surface area contributed by atoms with E-state index >= 15 is 0 Å². The normalized spacial score (nSPS) is 13.5. The summed E-state index contributed by atoms with van der Waals surface area (Å²) in [6.07, 6.45) is 3.72. The molecule has 25 heavy (non-hydrogen) atoms. The Balaban J connectivity index is 1.64. The molecule has 1 aromatic heterocycles. The van der Waals surface area contributed by atoms with Gasteiger partial charge in [0.05, 0.1) is 20.2 Å². The number of rotatable bonds is 3. The van der Waals surface area contributed by atoms with Crippen molar-refractivity contribution in [3.8, 4) is 11.5 Å². The van der Waals surface area contributed by atoms with Crippen molar-refractivity contribution >= 4 is 51.0 Å². The fourth-order valence-corrected chi connectivity index (χ4v) is 3.64. The number of ether oxygens (including phenoxy) is 2. The smallest absolute Gasteiger partial charge is 0.271 e. The lowest BCUT2D eigenvalue weighted by molar-refractivity contribution is -0.384. The number of fused-ring (bicyclic) bond motifs is 2. The first-order chi connectivity index (χ1) is 12.1. The van der Waals surface area contributed by atoms with Gasteiger partial charge in [0.15, 0.2) is 11.5 Å². The molecule has 6 nitrogen and oxygen atoms in total. The molecular formula is C17H11ClN2O4S. The average molecular weight is 375 g/mol. The minimum Gasteiger partial charge on any atom is -0.486 e. The van der Waals surface area contributed by atoms with E-state index in [2.05, 4.69) is 4.98 Å². The van der Waals surface area contributed by atoms with Gasteiger partial charge >= 0.3 is 0 Å². The quantitative estimate of drug-likeness (QED) is 0.486. The third kappa shape index (κ3) is 3.16. The molecule has 0 radical (unpaired) electrons. The molecule has 0 fully saturated rings. The zero-order valence-electron chi connectivity index (χ0n) is 12.8. The first-order valence-electron chi connectivity index (χ1n) is 7.42. The number of nitrogens with zero attached hydrogens (tertiary/aromatic N) is 2. The number of halogens is 1. The number of non-ortho nitro benzene ring substituents is 1. The van der Waals surface area contributed by atoms with Gasteiger partial charge in [-0.2, -0.15) is 0 Å². The number of hydrogen-bond acceptors (Lipinski definition) is 6. The molecule has 3 aromatic rings. The number of thiazole rings is 1. The molecule has 0 spiro atoms. The van der Waals surface area contributed by atoms with E-state index in [1.807, 2.05) is 18.2 Å². The van der Waals surface area contributed by atoms with Crippen molar-refractivity contribution in [3.05, 3.63) is 56.0 Å². The number of nitro benzene ring substituents is 1. The molecule has 126 valence electrons. The topological polar surface area (TPSA) is 74.5 Å². The molecule has 0 atom stereocenters. The summed E-state index contributed by atoms with van der Waals surface area (Å²) in [5.41, 5.74) is 1.51. The van der Waals surface area contributed by atoms with Crippen molar-refractivity contribution in [2.24, 2.45) is 0 Å². The highest BCUT2D eigenvalue weighted by Gasteiger charge is 2.16. The van der Waals surface area contributed by atoms with Crippen molar-refractivity contribution in [1.82, 2.24) is 4.98 Å². The van der Waals surface area contributed by atoms with Crippen LogP contribution < -0.4 is 9.47 Å². The number of benzene rings is 2. The van der Waals surface area contributed by atoms with E-state index in [1.54, 1.807) is 12.1 Å². The molecule has 0 bridgehead atoms. The molecule has 0 amide bonds. The Morgan fingerprint density at radius 2 is 2.04 bits per heavy atom. The van der Waals surface area contributed by atoms with E-state index < -0.39 is 4.92 Å². The highest BCUT2D eigenvalue weighted by Crippen LogP contribution is 2.38. The Morgan fingerprint density at radius 1 is 1.20 bits per heavy atom. The summed E-state index contributed by atoms with van der Waals surface area (Å²) in [7, 11) is 0. The van der Waals surface area contributed by atoms with Gasteiger partial charge in [0.1, 0.15) is 18.2 Å². The number of hydrogen-bond donors (Lipinski definition) is 0. The van der Waals surface area contributed by atoms with Crippen molar-refractivity contribution in [2.45, 2.75) is 0 Å². The molecule has 0 N–H and O–H groups in total. The molecule has 4 rings (SSSR count). The van der Waals surface area contributed by atoms with Crippen LogP contribution in [-0.4, -0.2) is 23.1 Å². The number of nitro groups is 1. The maximum Gasteiger partial charge on any atom is 0.271 e. The van der Waals surface area contributed by atoms with Crippen molar-refractivity contribution in [2.75, 3.05) is 13.2 Å². The van der Waals surface area contributed by atoms with Crippen molar-refractivity contribution in [3.63, 3.8) is 0 Å². The highest BCUT2D eigenvalue weighted by molar-refractivity contribution is 7.19. The van der Waals surface area contributed by atoms with E-state index in [1.165, 1.54) is 23.5 Å². The van der Waals surface area contributed by atoms with Crippen LogP contribution in [0.25, 0.3) is 22.4 Å². The second kappa shape index (κ2) is 6.34. The molecule has 1 aliphatic rings. The van der Waals surface area contributed by atoms with Crippen LogP contribution in [0, 0.1) is 10.1 Å². The van der Waals surface area contributed by atoms with E-state index in [0.29, 0.717) is 35.3 Å². The SMILES string of the molecule is O=[N+]([O-])c1ccc2sc(C=Cc3cc(Cl)c4c(c3)OCCO4)nc2c1. The molecule has 1 aliphatic heterocycles. The Kier molecular flexibility index (Phi) is 4.03. The summed E-state index contributed by atoms with van der Waals surface area (Å²) in [4.78, 5) is 14.8. The average Bonchev–Trinajstić information content (AvgIpc) is 3.02. The molecule has 0 saturated carbocycles. The molecular weight excluding hydrogens is 364 g/mol. The van der Waals surface area contributed by atoms with E-state index in [0.717, 1.165) is 15.3 Å². The standard InChI is InChI=1S/C17H11ClN2O4S/c18-12-7-10(8-14-17(12)24-6-5-23-14)1-4-16-19-13-9-11(20(21)22)2-3-15(13)25-16/h1-4,7-9H,5-6H2. The predicted molar refractivity (Wildman–Crippen MR) is 97.6 cm³/mol. The third-order valence-corrected chi connectivity index (χ3v) is 4.92. The highest BCUT2D eigenvalue weighted by atomic mass is 35.5. The van der Waals surface area contributed by atoms with Crippen LogP contribution in [0.1, 0.15) is 10.6 Å². The second-order valence-corrected chi connectivity index (χ2v) is 6.79. The summed E-state index contributed by atoms with van der Waals surface area (Å²) in [5.74, 6) is 1.19. The molecule has 0 aliphatic carbocycles. The first-order valence-corrected chi connectivity index (χ1v) is 8.62. The minimum absolute atomic E-state index is 0.0342. The van der Waals surface area contributed by atoms with Gasteiger partial charge in [0.25, 0.3) is 5.69 Å². The lowest BCUT2D eigenvalue weighted by Crippen LogP contribution is -2.15. The largest absolute Gasteiger partial charge is 0.486 e. The van der Waals surface area contributed by atoms with Gasteiger partial charge in [-0.05, 0) is 29.8 Å². The fourth-order valence-electron chi connectivity index (χ4n) is 2.51. The molecule has 2 aromatic carbocycles. The summed E-state index contributed by atoms with van der Waals surface area (Å²) in [5, 5.41) is 12.1. The van der Waals surface area contributed by atoms with E-state index in [9.17, 15) is 10.1 Å². The predicted octanol–water partition coefficient (Wildman–Crippen LogP) is 4.80. The van der Waals surface area contributed by atoms with E-state index in [4.69, 9.17) is 21.1 Å². The maximum atomic E-state index is 10.8. The van der Waals surface area contributed by atoms with Crippen molar-refractivity contribution < 1.29 is 14.4 Å². The fraction of sp³-hybridized carbons (Fsp3) is 0.118. The summed E-state index contributed by atoms with van der Waals surface area (Å²) >= 11 is 7.69. The zero-order valence-corrected chi connectivity index (χ0v) is 14.3. The van der Waals surface area contributed by atoms with E-state index in [-0.39, 0.29) is 5.69 Å². The van der Waals surface area contributed by atoms with Gasteiger partial charge in [-0.1, -0.05) is 17.7 Å². The van der Waals surface area contributed by atoms with Crippen LogP contribution in [0.3, 0.4) is 0 Å². The van der Waals surface area contributed by atoms with Gasteiger partial charge in [-0.15, -0.1) is 11.3 Å². The lowest BCUT2D eigenvalue weighted by atomic mass is 10.2. The van der Waals surface area contributed by atoms with Gasteiger partial charge in [-0.3, -0.25) is 10.1 Å². The first kappa shape index (κ1) is 15.9. The Labute approximate surface area is 151 Å². The molecule has 2 heterocycles. The Bertz CT molecular complexity index is 1020. The summed E-state index contributed by atoms with van der Waals surface area (Å²) in [6, 6.07) is 8.32. The van der Waals surface area contributed by atoms with Gasteiger partial charge in [-0.25, -0.2) is 4.98 Å². The van der Waals surface area contributed by atoms with Crippen LogP contribution in [-0.2, 0) is 0 Å². The lowest BCUT2D eigenvalue weighted by Gasteiger charge is -2.19. The van der Waals surface area contributed by atoms with Crippen LogP contribution >= 0.6 is 22.9 Å². The summed E-state index contributed by atoms with van der Waals surface area (Å²) < 4.78 is 12.0. The van der Waals surface area contributed by atoms with Crippen LogP contribution in [0.2, 0.25) is 5.02 Å². The Morgan fingerprint density at radius 3 is 2.88 bits per heavy atom. The zero-order chi connectivity index (χ0) is 17.4. The maximum absolute atomic E-state index is 10.8. The van der Waals surface area contributed by atoms with Gasteiger partial charge in [0.2, 0.25) is 0 Å². The monoisotopic (exact) mass is 374 g/mol. The molecule has 0 saturated heterocycles. The minimum atomic E-state index is -0.425. The second-order valence-electron chi connectivity index (χ2n) is 5.32. The van der Waals surface area contributed by atoms with Crippen LogP contribution in [0.15, 0.2) is 30.3 Å². The number of aromatic nitrogens is 1. The van der Waals surface area contributed by atoms with Crippen molar-refractivity contribution in [1.29, 1.82) is 0 Å². The molecule has 0 unspecified atom stereocenters. The summed E-state index contributed by atoms with van der Waals surface area (Å²) in [6.45, 7) is 0.979. The third-order valence-electron chi connectivity index (χ3n) is 3.64. The molecule has 8 heteroatoms. The van der Waals surface area contributed by atoms with Gasteiger partial charge in [0, 0.05) is 12.1 Å². The van der Waals surface area contributed by atoms with Crippen LogP contribution in [0.5, 0.6) is 11.5 Å². The van der Waals surface area contributed by atoms with Crippen LogP contribution in [0.4, 0.5) is 5.69 Å². The Hall–Kier alpha value is -2.64.